The Labute approximate surface area is 164 Å². The summed E-state index contributed by atoms with van der Waals surface area (Å²) in [6.45, 7) is 6.62. The summed E-state index contributed by atoms with van der Waals surface area (Å²) in [6, 6.07) is 8.22. The van der Waals surface area contributed by atoms with E-state index >= 15 is 0 Å². The second-order valence-corrected chi connectivity index (χ2v) is 6.95. The van der Waals surface area contributed by atoms with E-state index in [-0.39, 0.29) is 18.7 Å². The Balaban J connectivity index is 1.46. The number of amides is 1. The van der Waals surface area contributed by atoms with Gasteiger partial charge >= 0.3 is 6.09 Å². The first-order chi connectivity index (χ1) is 13.6. The second-order valence-electron chi connectivity index (χ2n) is 6.95. The van der Waals surface area contributed by atoms with E-state index in [1.807, 2.05) is 19.1 Å². The van der Waals surface area contributed by atoms with Crippen molar-refractivity contribution in [3.05, 3.63) is 47.2 Å². The zero-order chi connectivity index (χ0) is 19.5. The van der Waals surface area contributed by atoms with Gasteiger partial charge in [-0.3, -0.25) is 4.90 Å². The summed E-state index contributed by atoms with van der Waals surface area (Å²) in [5, 5.41) is 6.53. The molecule has 2 aromatic rings. The van der Waals surface area contributed by atoms with Crippen molar-refractivity contribution in [3.8, 4) is 11.8 Å². The third-order valence-corrected chi connectivity index (χ3v) is 4.94. The van der Waals surface area contributed by atoms with E-state index in [1.54, 1.807) is 6.20 Å². The Bertz CT molecular complexity index is 928. The minimum absolute atomic E-state index is 0.0153. The molecule has 1 aromatic carbocycles. The van der Waals surface area contributed by atoms with Crippen LogP contribution >= 0.6 is 0 Å². The molecular weight excluding hydrogens is 354 g/mol. The Kier molecular flexibility index (Phi) is 5.13. The van der Waals surface area contributed by atoms with Crippen molar-refractivity contribution in [2.75, 3.05) is 29.9 Å². The molecule has 0 radical (unpaired) electrons. The minimum atomic E-state index is -0.373. The lowest BCUT2D eigenvalue weighted by molar-refractivity contribution is 0.141. The van der Waals surface area contributed by atoms with Gasteiger partial charge in [-0.2, -0.15) is 4.98 Å². The highest BCUT2D eigenvalue weighted by Gasteiger charge is 2.26. The molecule has 28 heavy (non-hydrogen) atoms. The number of carbonyl (C=O) groups excluding carboxylic acids is 1. The Morgan fingerprint density at radius 3 is 2.82 bits per heavy atom. The van der Waals surface area contributed by atoms with Crippen LogP contribution in [0.15, 0.2) is 30.5 Å². The molecule has 2 N–H and O–H groups in total. The van der Waals surface area contributed by atoms with Crippen molar-refractivity contribution in [1.29, 1.82) is 0 Å². The van der Waals surface area contributed by atoms with E-state index in [2.05, 4.69) is 51.5 Å². The number of ether oxygens (including phenoxy) is 1. The Morgan fingerprint density at radius 2 is 2.14 bits per heavy atom. The number of rotatable bonds is 4. The van der Waals surface area contributed by atoms with E-state index in [1.165, 1.54) is 4.90 Å². The van der Waals surface area contributed by atoms with Gasteiger partial charge < -0.3 is 15.4 Å². The van der Waals surface area contributed by atoms with Crippen LogP contribution < -0.4 is 15.5 Å². The topological polar surface area (TPSA) is 79.4 Å². The van der Waals surface area contributed by atoms with E-state index < -0.39 is 0 Å². The number of nitrogens with one attached hydrogen (secondary N) is 2. The molecule has 0 spiro atoms. The van der Waals surface area contributed by atoms with E-state index in [0.717, 1.165) is 29.8 Å². The molecule has 2 aliphatic rings. The lowest BCUT2D eigenvalue weighted by Gasteiger charge is -2.27. The van der Waals surface area contributed by atoms with Crippen molar-refractivity contribution in [1.82, 2.24) is 15.3 Å². The molecule has 7 heteroatoms. The summed E-state index contributed by atoms with van der Waals surface area (Å²) < 4.78 is 5.13. The molecule has 1 fully saturated rings. The van der Waals surface area contributed by atoms with Gasteiger partial charge in [-0.15, -0.1) is 0 Å². The highest BCUT2D eigenvalue weighted by molar-refractivity contribution is 5.89. The van der Waals surface area contributed by atoms with Gasteiger partial charge in [0.05, 0.1) is 11.6 Å². The van der Waals surface area contributed by atoms with Gasteiger partial charge in [0.1, 0.15) is 12.4 Å². The van der Waals surface area contributed by atoms with E-state index in [9.17, 15) is 4.79 Å². The SMILES string of the molecule is CCN1C(=O)OCc2cnc(NC(C)c3ccc(C#CC4CNC4)cc3)nc21. The largest absolute Gasteiger partial charge is 0.444 e. The number of nitrogens with zero attached hydrogens (tertiary/aromatic N) is 3. The van der Waals surface area contributed by atoms with Gasteiger partial charge in [-0.05, 0) is 31.5 Å². The first kappa shape index (κ1) is 18.3. The molecular formula is C21H23N5O2. The molecule has 0 bridgehead atoms. The lowest BCUT2D eigenvalue weighted by Crippen LogP contribution is -2.40. The molecule has 144 valence electrons. The summed E-state index contributed by atoms with van der Waals surface area (Å²) in [5.41, 5.74) is 2.94. The van der Waals surface area contributed by atoms with Gasteiger partial charge in [0.15, 0.2) is 0 Å². The fourth-order valence-electron chi connectivity index (χ4n) is 3.09. The molecule has 1 aromatic heterocycles. The molecule has 4 rings (SSSR count). The minimum Gasteiger partial charge on any atom is -0.444 e. The first-order valence-corrected chi connectivity index (χ1v) is 9.53. The van der Waals surface area contributed by atoms with Crippen LogP contribution in [-0.2, 0) is 11.3 Å². The summed E-state index contributed by atoms with van der Waals surface area (Å²) in [7, 11) is 0. The predicted octanol–water partition coefficient (Wildman–Crippen LogP) is 2.70. The molecule has 1 saturated heterocycles. The van der Waals surface area contributed by atoms with Gasteiger partial charge in [0, 0.05) is 37.3 Å². The number of carbonyl (C=O) groups is 1. The fourth-order valence-corrected chi connectivity index (χ4v) is 3.09. The van der Waals surface area contributed by atoms with Crippen molar-refractivity contribution < 1.29 is 9.53 Å². The molecule has 1 unspecified atom stereocenters. The standard InChI is InChI=1S/C21H23N5O2/c1-3-26-19-18(13-28-21(26)27)12-23-20(25-19)24-14(2)17-8-6-15(7-9-17)4-5-16-10-22-11-16/h6-9,12,14,16,22H,3,10-11,13H2,1-2H3,(H,23,24,25). The highest BCUT2D eigenvalue weighted by Crippen LogP contribution is 2.26. The highest BCUT2D eigenvalue weighted by atomic mass is 16.6. The molecule has 0 aliphatic carbocycles. The van der Waals surface area contributed by atoms with Crippen LogP contribution in [0.3, 0.4) is 0 Å². The van der Waals surface area contributed by atoms with Crippen molar-refractivity contribution in [2.45, 2.75) is 26.5 Å². The number of anilines is 2. The van der Waals surface area contributed by atoms with Gasteiger partial charge in [0.2, 0.25) is 5.95 Å². The zero-order valence-electron chi connectivity index (χ0n) is 16.0. The molecule has 2 aliphatic heterocycles. The smallest absolute Gasteiger partial charge is 0.415 e. The Hall–Kier alpha value is -3.11. The average molecular weight is 377 g/mol. The summed E-state index contributed by atoms with van der Waals surface area (Å²) in [4.78, 5) is 22.3. The summed E-state index contributed by atoms with van der Waals surface area (Å²) >= 11 is 0. The molecule has 0 saturated carbocycles. The number of benzene rings is 1. The third kappa shape index (κ3) is 3.78. The zero-order valence-corrected chi connectivity index (χ0v) is 16.0. The lowest BCUT2D eigenvalue weighted by atomic mass is 10.0. The van der Waals surface area contributed by atoms with Crippen LogP contribution in [-0.4, -0.2) is 35.7 Å². The van der Waals surface area contributed by atoms with Gasteiger partial charge in [-0.25, -0.2) is 9.78 Å². The number of hydrogen-bond acceptors (Lipinski definition) is 6. The molecule has 1 atom stereocenters. The normalized spacial score (nSPS) is 16.9. The van der Waals surface area contributed by atoms with Crippen molar-refractivity contribution in [2.24, 2.45) is 5.92 Å². The van der Waals surface area contributed by atoms with E-state index in [4.69, 9.17) is 4.74 Å². The van der Waals surface area contributed by atoms with Crippen molar-refractivity contribution in [3.63, 3.8) is 0 Å². The van der Waals surface area contributed by atoms with E-state index in [0.29, 0.717) is 24.2 Å². The maximum Gasteiger partial charge on any atom is 0.415 e. The summed E-state index contributed by atoms with van der Waals surface area (Å²) in [6.07, 6.45) is 1.34. The quantitative estimate of drug-likeness (QED) is 0.798. The predicted molar refractivity (Wildman–Crippen MR) is 107 cm³/mol. The van der Waals surface area contributed by atoms with Crippen LogP contribution in [0.1, 0.15) is 36.6 Å². The molecule has 7 nitrogen and oxygen atoms in total. The fraction of sp³-hybridized carbons (Fsp3) is 0.381. The third-order valence-electron chi connectivity index (χ3n) is 4.94. The van der Waals surface area contributed by atoms with Crippen LogP contribution in [0.5, 0.6) is 0 Å². The van der Waals surface area contributed by atoms with Crippen LogP contribution in [0.4, 0.5) is 16.6 Å². The van der Waals surface area contributed by atoms with Crippen LogP contribution in [0.25, 0.3) is 0 Å². The van der Waals surface area contributed by atoms with Crippen molar-refractivity contribution >= 4 is 17.9 Å². The first-order valence-electron chi connectivity index (χ1n) is 9.53. The number of cyclic esters (lactones) is 1. The summed E-state index contributed by atoms with van der Waals surface area (Å²) in [5.74, 6) is 8.07. The maximum absolute atomic E-state index is 11.9. The monoisotopic (exact) mass is 377 g/mol. The second kappa shape index (κ2) is 7.87. The van der Waals surface area contributed by atoms with Gasteiger partial charge in [0.25, 0.3) is 0 Å². The van der Waals surface area contributed by atoms with Gasteiger partial charge in [-0.1, -0.05) is 24.0 Å². The Morgan fingerprint density at radius 1 is 1.36 bits per heavy atom. The molecule has 3 heterocycles. The number of aromatic nitrogens is 2. The van der Waals surface area contributed by atoms with Crippen LogP contribution in [0, 0.1) is 17.8 Å². The molecule has 1 amide bonds. The average Bonchev–Trinajstić information content (AvgIpc) is 2.67. The number of fused-ring (bicyclic) bond motifs is 1. The van der Waals surface area contributed by atoms with Crippen LogP contribution in [0.2, 0.25) is 0 Å². The number of hydrogen-bond donors (Lipinski definition) is 2. The maximum atomic E-state index is 11.9.